The van der Waals surface area contributed by atoms with E-state index < -0.39 is 0 Å². The van der Waals surface area contributed by atoms with Crippen LogP contribution in [0.4, 0.5) is 17.1 Å². The highest BCUT2D eigenvalue weighted by Crippen LogP contribution is 2.38. The van der Waals surface area contributed by atoms with E-state index >= 15 is 0 Å². The number of hydrogen-bond donors (Lipinski definition) is 0. The van der Waals surface area contributed by atoms with Crippen LogP contribution in [-0.4, -0.2) is 14.5 Å². The highest BCUT2D eigenvalue weighted by molar-refractivity contribution is 6.09. The van der Waals surface area contributed by atoms with E-state index in [1.54, 1.807) is 0 Å². The van der Waals surface area contributed by atoms with E-state index in [1.807, 2.05) is 30.3 Å². The lowest BCUT2D eigenvalue weighted by atomic mass is 10.0. The third kappa shape index (κ3) is 4.88. The minimum absolute atomic E-state index is 0.860. The summed E-state index contributed by atoms with van der Waals surface area (Å²) in [7, 11) is 0. The number of rotatable bonds is 6. The van der Waals surface area contributed by atoms with Crippen molar-refractivity contribution in [3.05, 3.63) is 182 Å². The van der Waals surface area contributed by atoms with Gasteiger partial charge in [-0.3, -0.25) is 4.57 Å². The largest absolute Gasteiger partial charge is 0.310 e. The molecule has 0 radical (unpaired) electrons. The van der Waals surface area contributed by atoms with Crippen molar-refractivity contribution in [2.24, 2.45) is 0 Å². The van der Waals surface area contributed by atoms with Gasteiger partial charge in [0.25, 0.3) is 0 Å². The van der Waals surface area contributed by atoms with Crippen LogP contribution in [0.25, 0.3) is 61.0 Å². The predicted molar refractivity (Wildman–Crippen MR) is 199 cm³/mol. The lowest BCUT2D eigenvalue weighted by molar-refractivity contribution is 1.14. The molecular weight excluding hydrogens is 585 g/mol. The summed E-state index contributed by atoms with van der Waals surface area (Å²) < 4.78 is 2.22. The molecule has 48 heavy (non-hydrogen) atoms. The van der Waals surface area contributed by atoms with Crippen molar-refractivity contribution in [3.63, 3.8) is 0 Å². The van der Waals surface area contributed by atoms with Gasteiger partial charge in [0.2, 0.25) is 0 Å². The second kappa shape index (κ2) is 11.7. The smallest absolute Gasteiger partial charge is 0.165 e. The van der Waals surface area contributed by atoms with Crippen molar-refractivity contribution in [1.82, 2.24) is 14.5 Å². The third-order valence-electron chi connectivity index (χ3n) is 8.96. The first-order valence-electron chi connectivity index (χ1n) is 16.2. The SMILES string of the molecule is c1ccc(-c2cccc(N(c3ccccc3)c3ccc(-c4ccc5c(c4)c4nc6ccccc6nc4n5-c4ccccc4)cc3)c2)cc1. The van der Waals surface area contributed by atoms with Crippen molar-refractivity contribution in [2.45, 2.75) is 0 Å². The van der Waals surface area contributed by atoms with E-state index in [-0.39, 0.29) is 0 Å². The highest BCUT2D eigenvalue weighted by atomic mass is 15.1. The maximum Gasteiger partial charge on any atom is 0.165 e. The van der Waals surface area contributed by atoms with Gasteiger partial charge < -0.3 is 4.90 Å². The minimum atomic E-state index is 0.860. The minimum Gasteiger partial charge on any atom is -0.310 e. The van der Waals surface area contributed by atoms with Crippen LogP contribution in [0.1, 0.15) is 0 Å². The Hall–Kier alpha value is -6.52. The quantitative estimate of drug-likeness (QED) is 0.187. The standard InChI is InChI=1S/C44H30N4/c1-4-13-31(14-5-1)33-15-12-20-38(29-33)47(35-16-6-2-7-17-35)37-26-23-32(24-27-37)34-25-28-42-39(30-34)43-44(48(42)36-18-8-3-9-19-36)46-41-22-11-10-21-40(41)45-43/h1-30H. The van der Waals surface area contributed by atoms with Gasteiger partial charge in [0, 0.05) is 28.1 Å². The van der Waals surface area contributed by atoms with E-state index in [9.17, 15) is 0 Å². The summed E-state index contributed by atoms with van der Waals surface area (Å²) >= 11 is 0. The summed E-state index contributed by atoms with van der Waals surface area (Å²) in [6.07, 6.45) is 0. The molecule has 0 aliphatic heterocycles. The van der Waals surface area contributed by atoms with Gasteiger partial charge in [-0.1, -0.05) is 109 Å². The summed E-state index contributed by atoms with van der Waals surface area (Å²) in [6.45, 7) is 0. The Balaban J connectivity index is 1.15. The molecule has 9 aromatic rings. The van der Waals surface area contributed by atoms with Crippen LogP contribution < -0.4 is 4.90 Å². The number of aromatic nitrogens is 3. The Labute approximate surface area is 278 Å². The van der Waals surface area contributed by atoms with E-state index in [0.29, 0.717) is 0 Å². The van der Waals surface area contributed by atoms with Crippen LogP contribution in [0.3, 0.4) is 0 Å². The molecule has 4 heteroatoms. The molecule has 2 heterocycles. The van der Waals surface area contributed by atoms with Crippen LogP contribution in [0.2, 0.25) is 0 Å². The number of nitrogens with zero attached hydrogens (tertiary/aromatic N) is 4. The lowest BCUT2D eigenvalue weighted by Gasteiger charge is -2.26. The van der Waals surface area contributed by atoms with E-state index in [1.165, 1.54) is 11.1 Å². The number of benzene rings is 7. The second-order valence-corrected chi connectivity index (χ2v) is 11.9. The van der Waals surface area contributed by atoms with Crippen LogP contribution in [0.5, 0.6) is 0 Å². The molecule has 0 aliphatic rings. The molecule has 0 bridgehead atoms. The summed E-state index contributed by atoms with van der Waals surface area (Å²) in [4.78, 5) is 12.5. The molecule has 0 fully saturated rings. The molecule has 2 aromatic heterocycles. The number of anilines is 3. The van der Waals surface area contributed by atoms with Gasteiger partial charge in [-0.15, -0.1) is 0 Å². The average molecular weight is 615 g/mol. The van der Waals surface area contributed by atoms with Gasteiger partial charge in [-0.2, -0.15) is 0 Å². The molecule has 226 valence electrons. The van der Waals surface area contributed by atoms with Gasteiger partial charge in [0.05, 0.1) is 16.6 Å². The fourth-order valence-electron chi connectivity index (χ4n) is 6.66. The summed E-state index contributed by atoms with van der Waals surface area (Å²) in [6, 6.07) is 63.8. The monoisotopic (exact) mass is 614 g/mol. The van der Waals surface area contributed by atoms with Crippen LogP contribution in [0, 0.1) is 0 Å². The van der Waals surface area contributed by atoms with Gasteiger partial charge in [-0.05, 0) is 95.1 Å². The summed E-state index contributed by atoms with van der Waals surface area (Å²) in [5, 5.41) is 1.08. The van der Waals surface area contributed by atoms with Gasteiger partial charge in [0.15, 0.2) is 5.65 Å². The predicted octanol–water partition coefficient (Wildman–Crippen LogP) is 11.5. The van der Waals surface area contributed by atoms with Crippen molar-refractivity contribution in [1.29, 1.82) is 0 Å². The molecule has 0 amide bonds. The van der Waals surface area contributed by atoms with Crippen LogP contribution in [0.15, 0.2) is 182 Å². The van der Waals surface area contributed by atoms with Crippen molar-refractivity contribution < 1.29 is 0 Å². The zero-order chi connectivity index (χ0) is 31.9. The lowest BCUT2D eigenvalue weighted by Crippen LogP contribution is -2.09. The Morgan fingerprint density at radius 1 is 0.396 bits per heavy atom. The molecule has 0 aliphatic carbocycles. The fraction of sp³-hybridized carbons (Fsp3) is 0. The summed E-state index contributed by atoms with van der Waals surface area (Å²) in [5.74, 6) is 0. The second-order valence-electron chi connectivity index (χ2n) is 11.9. The van der Waals surface area contributed by atoms with Crippen molar-refractivity contribution >= 4 is 50.2 Å². The Morgan fingerprint density at radius 2 is 0.938 bits per heavy atom. The molecule has 0 saturated heterocycles. The normalized spacial score (nSPS) is 11.3. The first kappa shape index (κ1) is 27.8. The van der Waals surface area contributed by atoms with Gasteiger partial charge in [-0.25, -0.2) is 9.97 Å². The molecule has 0 spiro atoms. The average Bonchev–Trinajstić information content (AvgIpc) is 3.48. The Bertz CT molecular complexity index is 2540. The number of fused-ring (bicyclic) bond motifs is 4. The molecule has 0 N–H and O–H groups in total. The Morgan fingerprint density at radius 3 is 1.69 bits per heavy atom. The first-order valence-corrected chi connectivity index (χ1v) is 16.2. The fourth-order valence-corrected chi connectivity index (χ4v) is 6.66. The molecule has 0 unspecified atom stereocenters. The molecular formula is C44H30N4. The third-order valence-corrected chi connectivity index (χ3v) is 8.96. The maximum atomic E-state index is 5.13. The zero-order valence-corrected chi connectivity index (χ0v) is 26.1. The van der Waals surface area contributed by atoms with E-state index in [4.69, 9.17) is 9.97 Å². The van der Waals surface area contributed by atoms with Crippen LogP contribution in [-0.2, 0) is 0 Å². The van der Waals surface area contributed by atoms with E-state index in [0.717, 1.165) is 67.0 Å². The molecule has 7 aromatic carbocycles. The highest BCUT2D eigenvalue weighted by Gasteiger charge is 2.18. The van der Waals surface area contributed by atoms with Gasteiger partial charge >= 0.3 is 0 Å². The first-order chi connectivity index (χ1) is 23.8. The zero-order valence-electron chi connectivity index (χ0n) is 26.1. The Kier molecular flexibility index (Phi) is 6.76. The van der Waals surface area contributed by atoms with E-state index in [2.05, 4.69) is 161 Å². The number of hydrogen-bond acceptors (Lipinski definition) is 3. The topological polar surface area (TPSA) is 34.0 Å². The van der Waals surface area contributed by atoms with Crippen LogP contribution >= 0.6 is 0 Å². The number of para-hydroxylation sites is 4. The molecule has 4 nitrogen and oxygen atoms in total. The van der Waals surface area contributed by atoms with Crippen molar-refractivity contribution in [3.8, 4) is 27.9 Å². The molecule has 9 rings (SSSR count). The van der Waals surface area contributed by atoms with Gasteiger partial charge in [0.1, 0.15) is 5.52 Å². The maximum absolute atomic E-state index is 5.13. The molecule has 0 atom stereocenters. The van der Waals surface area contributed by atoms with Crippen molar-refractivity contribution in [2.75, 3.05) is 4.90 Å². The molecule has 0 saturated carbocycles. The summed E-state index contributed by atoms with van der Waals surface area (Å²) in [5.41, 5.74) is 13.7.